The zero-order valence-electron chi connectivity index (χ0n) is 8.92. The highest BCUT2D eigenvalue weighted by molar-refractivity contribution is 5.00. The lowest BCUT2D eigenvalue weighted by Crippen LogP contribution is -2.45. The minimum absolute atomic E-state index is 0.621. The van der Waals surface area contributed by atoms with Crippen LogP contribution in [0.3, 0.4) is 0 Å². The fourth-order valence-corrected chi connectivity index (χ4v) is 2.11. The fourth-order valence-electron chi connectivity index (χ4n) is 2.11. The van der Waals surface area contributed by atoms with E-state index in [1.54, 1.807) is 0 Å². The van der Waals surface area contributed by atoms with Gasteiger partial charge in [-0.25, -0.2) is 0 Å². The Balaban J connectivity index is 2.48. The van der Waals surface area contributed by atoms with Gasteiger partial charge in [0, 0.05) is 25.2 Å². The van der Waals surface area contributed by atoms with Crippen molar-refractivity contribution < 1.29 is 0 Å². The van der Waals surface area contributed by atoms with E-state index >= 15 is 0 Å². The van der Waals surface area contributed by atoms with Gasteiger partial charge in [-0.05, 0) is 32.3 Å². The molecule has 0 aromatic rings. The molecule has 1 fully saturated rings. The molecule has 0 aliphatic carbocycles. The molecule has 0 aromatic carbocycles. The van der Waals surface area contributed by atoms with Gasteiger partial charge in [-0.15, -0.1) is 0 Å². The van der Waals surface area contributed by atoms with Crippen molar-refractivity contribution >= 4 is 0 Å². The van der Waals surface area contributed by atoms with E-state index in [1.165, 1.54) is 19.3 Å². The van der Waals surface area contributed by atoms with Crippen molar-refractivity contribution in [2.75, 3.05) is 13.1 Å². The van der Waals surface area contributed by atoms with Crippen LogP contribution in [0.4, 0.5) is 0 Å². The molecular formula is C11H22N2. The highest BCUT2D eigenvalue weighted by atomic mass is 15.2. The monoisotopic (exact) mass is 182 g/mol. The van der Waals surface area contributed by atoms with E-state index in [4.69, 9.17) is 5.73 Å². The van der Waals surface area contributed by atoms with Crippen molar-refractivity contribution in [2.24, 2.45) is 5.73 Å². The first-order valence-electron chi connectivity index (χ1n) is 5.27. The van der Waals surface area contributed by atoms with Gasteiger partial charge < -0.3 is 5.73 Å². The topological polar surface area (TPSA) is 29.3 Å². The number of rotatable bonds is 3. The van der Waals surface area contributed by atoms with E-state index in [0.717, 1.165) is 12.1 Å². The van der Waals surface area contributed by atoms with Crippen LogP contribution in [0.2, 0.25) is 0 Å². The first-order chi connectivity index (χ1) is 6.15. The second-order valence-corrected chi connectivity index (χ2v) is 4.26. The van der Waals surface area contributed by atoms with Crippen molar-refractivity contribution in [1.82, 2.24) is 4.90 Å². The zero-order valence-corrected chi connectivity index (χ0v) is 8.92. The van der Waals surface area contributed by atoms with E-state index in [0.29, 0.717) is 18.6 Å². The zero-order chi connectivity index (χ0) is 9.84. The Bertz CT molecular complexity index is 167. The number of nitrogens with two attached hydrogens (primary N) is 1. The lowest BCUT2D eigenvalue weighted by Gasteiger charge is -2.39. The van der Waals surface area contributed by atoms with Crippen LogP contribution in [0.5, 0.6) is 0 Å². The molecule has 0 amide bonds. The van der Waals surface area contributed by atoms with Crippen molar-refractivity contribution in [3.8, 4) is 0 Å². The van der Waals surface area contributed by atoms with Crippen molar-refractivity contribution in [2.45, 2.75) is 45.2 Å². The normalized spacial score (nSPS) is 30.4. The van der Waals surface area contributed by atoms with Crippen LogP contribution in [0.15, 0.2) is 12.2 Å². The number of hydrogen-bond acceptors (Lipinski definition) is 2. The molecule has 1 aliphatic rings. The smallest absolute Gasteiger partial charge is 0.0208 e. The first kappa shape index (κ1) is 10.7. The van der Waals surface area contributed by atoms with Gasteiger partial charge in [-0.3, -0.25) is 4.90 Å². The lowest BCUT2D eigenvalue weighted by molar-refractivity contribution is 0.115. The maximum atomic E-state index is 5.55. The molecule has 0 unspecified atom stereocenters. The molecule has 1 aliphatic heterocycles. The Hall–Kier alpha value is -0.340. The molecule has 1 saturated heterocycles. The summed E-state index contributed by atoms with van der Waals surface area (Å²) in [5.41, 5.74) is 6.71. The molecule has 1 rings (SSSR count). The van der Waals surface area contributed by atoms with Crippen LogP contribution in [0, 0.1) is 0 Å². The molecule has 0 saturated carbocycles. The van der Waals surface area contributed by atoms with Gasteiger partial charge in [0.1, 0.15) is 0 Å². The lowest BCUT2D eigenvalue weighted by atomic mass is 9.97. The third-order valence-electron chi connectivity index (χ3n) is 3.07. The minimum Gasteiger partial charge on any atom is -0.327 e. The Kier molecular flexibility index (Phi) is 3.94. The number of nitrogens with zero attached hydrogens (tertiary/aromatic N) is 1. The van der Waals surface area contributed by atoms with Crippen molar-refractivity contribution in [3.05, 3.63) is 12.2 Å². The standard InChI is InChI=1S/C11H22N2/c1-9(7-12)8-13-10(2)5-4-6-11(13)3/h10-11H,1,4-8,12H2,2-3H3/t10-,11+. The van der Waals surface area contributed by atoms with Crippen LogP contribution >= 0.6 is 0 Å². The third kappa shape index (κ3) is 2.82. The average molecular weight is 182 g/mol. The summed E-state index contributed by atoms with van der Waals surface area (Å²) in [7, 11) is 0. The van der Waals surface area contributed by atoms with Gasteiger partial charge >= 0.3 is 0 Å². The molecule has 0 radical (unpaired) electrons. The van der Waals surface area contributed by atoms with E-state index < -0.39 is 0 Å². The van der Waals surface area contributed by atoms with Gasteiger partial charge in [0.2, 0.25) is 0 Å². The first-order valence-corrected chi connectivity index (χ1v) is 5.27. The highest BCUT2D eigenvalue weighted by Crippen LogP contribution is 2.22. The third-order valence-corrected chi connectivity index (χ3v) is 3.07. The minimum atomic E-state index is 0.621. The molecule has 2 atom stereocenters. The summed E-state index contributed by atoms with van der Waals surface area (Å²) in [6.07, 6.45) is 4.01. The average Bonchev–Trinajstić information content (AvgIpc) is 2.11. The van der Waals surface area contributed by atoms with E-state index in [9.17, 15) is 0 Å². The quantitative estimate of drug-likeness (QED) is 0.674. The van der Waals surface area contributed by atoms with Gasteiger partial charge in [0.25, 0.3) is 0 Å². The summed E-state index contributed by atoms with van der Waals surface area (Å²) in [6.45, 7) is 10.2. The Labute approximate surface area is 81.8 Å². The molecule has 2 heteroatoms. The Morgan fingerprint density at radius 3 is 2.38 bits per heavy atom. The molecule has 76 valence electrons. The maximum Gasteiger partial charge on any atom is 0.0208 e. The summed E-state index contributed by atoms with van der Waals surface area (Å²) in [5.74, 6) is 0. The van der Waals surface area contributed by atoms with E-state index in [2.05, 4.69) is 25.3 Å². The predicted molar refractivity (Wildman–Crippen MR) is 57.7 cm³/mol. The van der Waals surface area contributed by atoms with Crippen LogP contribution < -0.4 is 5.73 Å². The molecule has 0 aromatic heterocycles. The molecule has 2 nitrogen and oxygen atoms in total. The van der Waals surface area contributed by atoms with Gasteiger partial charge in [-0.1, -0.05) is 13.0 Å². The van der Waals surface area contributed by atoms with Crippen LogP contribution in [-0.2, 0) is 0 Å². The van der Waals surface area contributed by atoms with Crippen LogP contribution in [0.25, 0.3) is 0 Å². The number of likely N-dealkylation sites (tertiary alicyclic amines) is 1. The summed E-state index contributed by atoms with van der Waals surface area (Å²) < 4.78 is 0. The van der Waals surface area contributed by atoms with Crippen LogP contribution in [0.1, 0.15) is 33.1 Å². The molecule has 0 spiro atoms. The van der Waals surface area contributed by atoms with E-state index in [-0.39, 0.29) is 0 Å². The van der Waals surface area contributed by atoms with Crippen molar-refractivity contribution in [1.29, 1.82) is 0 Å². The molecule has 13 heavy (non-hydrogen) atoms. The molecule has 2 N–H and O–H groups in total. The Morgan fingerprint density at radius 2 is 1.92 bits per heavy atom. The Morgan fingerprint density at radius 1 is 1.38 bits per heavy atom. The van der Waals surface area contributed by atoms with Gasteiger partial charge in [0.05, 0.1) is 0 Å². The summed E-state index contributed by atoms with van der Waals surface area (Å²) >= 11 is 0. The molecule has 1 heterocycles. The van der Waals surface area contributed by atoms with Crippen molar-refractivity contribution in [3.63, 3.8) is 0 Å². The summed E-state index contributed by atoms with van der Waals surface area (Å²) in [6, 6.07) is 1.40. The largest absolute Gasteiger partial charge is 0.327 e. The molecule has 0 bridgehead atoms. The summed E-state index contributed by atoms with van der Waals surface area (Å²) in [4.78, 5) is 2.53. The SMILES string of the molecule is C=C(CN)CN1[C@H](C)CCC[C@@H]1C. The van der Waals surface area contributed by atoms with Gasteiger partial charge in [0.15, 0.2) is 0 Å². The predicted octanol–water partition coefficient (Wildman–Crippen LogP) is 1.76. The second-order valence-electron chi connectivity index (χ2n) is 4.26. The highest BCUT2D eigenvalue weighted by Gasteiger charge is 2.24. The fraction of sp³-hybridized carbons (Fsp3) is 0.818. The maximum absolute atomic E-state index is 5.55. The van der Waals surface area contributed by atoms with Gasteiger partial charge in [-0.2, -0.15) is 0 Å². The van der Waals surface area contributed by atoms with E-state index in [1.807, 2.05) is 0 Å². The second kappa shape index (κ2) is 4.77. The summed E-state index contributed by atoms with van der Waals surface area (Å²) in [5, 5.41) is 0. The number of hydrogen-bond donors (Lipinski definition) is 1. The number of piperidine rings is 1. The van der Waals surface area contributed by atoms with Crippen LogP contribution in [-0.4, -0.2) is 30.1 Å². The molecular weight excluding hydrogens is 160 g/mol.